The first kappa shape index (κ1) is 29.8. The van der Waals surface area contributed by atoms with Crippen LogP contribution in [0.25, 0.3) is 5.69 Å². The van der Waals surface area contributed by atoms with Crippen LogP contribution in [0.2, 0.25) is 0 Å². The number of anilines is 1. The number of hydrogen-bond donors (Lipinski definition) is 2. The first-order chi connectivity index (χ1) is 19.5. The summed E-state index contributed by atoms with van der Waals surface area (Å²) in [5.74, 6) is -0.880. The Morgan fingerprint density at radius 2 is 1.76 bits per heavy atom. The molecule has 4 rings (SSSR count). The van der Waals surface area contributed by atoms with Gasteiger partial charge in [-0.1, -0.05) is 19.3 Å². The lowest BCUT2D eigenvalue weighted by molar-refractivity contribution is -0.274. The molecule has 1 saturated carbocycles. The minimum absolute atomic E-state index is 0.111. The molecule has 0 aliphatic heterocycles. The van der Waals surface area contributed by atoms with Gasteiger partial charge in [-0.3, -0.25) is 9.59 Å². The molecule has 1 aromatic heterocycles. The number of alkyl halides is 3. The van der Waals surface area contributed by atoms with Crippen LogP contribution in [0.4, 0.5) is 18.9 Å². The van der Waals surface area contributed by atoms with Crippen molar-refractivity contribution in [3.8, 4) is 17.3 Å². The molecule has 1 atom stereocenters. The van der Waals surface area contributed by atoms with Gasteiger partial charge in [0.2, 0.25) is 5.88 Å². The third-order valence-electron chi connectivity index (χ3n) is 7.15. The predicted molar refractivity (Wildman–Crippen MR) is 145 cm³/mol. The van der Waals surface area contributed by atoms with E-state index in [0.29, 0.717) is 17.1 Å². The standard InChI is InChI=1S/C29H33F3N4O5/c1-35(17-16-25(37)38)28(39)20-8-10-21(11-9-20)33-26(19-6-4-3-5-7-19)24-18-36(34-27(24)40-2)22-12-14-23(15-13-22)41-29(30,31)32/h8-15,18-19,26,33H,3-7,16-17H2,1-2H3,(H,37,38). The molecular formula is C29H33F3N4O5. The molecule has 1 aliphatic carbocycles. The monoisotopic (exact) mass is 574 g/mol. The van der Waals surface area contributed by atoms with Gasteiger partial charge in [-0.15, -0.1) is 18.3 Å². The number of carboxylic acids is 1. The molecule has 12 heteroatoms. The number of amides is 1. The van der Waals surface area contributed by atoms with E-state index in [1.54, 1.807) is 23.9 Å². The highest BCUT2D eigenvalue weighted by atomic mass is 19.4. The van der Waals surface area contributed by atoms with Gasteiger partial charge in [-0.2, -0.15) is 0 Å². The maximum absolute atomic E-state index is 12.7. The zero-order valence-corrected chi connectivity index (χ0v) is 22.9. The number of nitrogens with one attached hydrogen (secondary N) is 1. The second-order valence-corrected chi connectivity index (χ2v) is 10.0. The highest BCUT2D eigenvalue weighted by molar-refractivity contribution is 5.94. The summed E-state index contributed by atoms with van der Waals surface area (Å²) in [6.07, 6.45) is 2.27. The van der Waals surface area contributed by atoms with Gasteiger partial charge in [0.05, 0.1) is 30.8 Å². The summed E-state index contributed by atoms with van der Waals surface area (Å²) in [6, 6.07) is 12.3. The second kappa shape index (κ2) is 13.0. The number of rotatable bonds is 11. The Hall–Kier alpha value is -4.22. The Balaban J connectivity index is 1.57. The fourth-order valence-electron chi connectivity index (χ4n) is 5.07. The number of carbonyl (C=O) groups is 2. The lowest BCUT2D eigenvalue weighted by Gasteiger charge is -2.31. The largest absolute Gasteiger partial charge is 0.573 e. The van der Waals surface area contributed by atoms with Crippen LogP contribution in [0.5, 0.6) is 11.6 Å². The number of methoxy groups -OCH3 is 1. The van der Waals surface area contributed by atoms with E-state index < -0.39 is 12.3 Å². The Morgan fingerprint density at radius 1 is 1.10 bits per heavy atom. The van der Waals surface area contributed by atoms with Gasteiger partial charge in [0.25, 0.3) is 5.91 Å². The minimum Gasteiger partial charge on any atom is -0.481 e. The number of nitrogens with zero attached hydrogens (tertiary/aromatic N) is 3. The second-order valence-electron chi connectivity index (χ2n) is 10.0. The number of hydrogen-bond acceptors (Lipinski definition) is 6. The lowest BCUT2D eigenvalue weighted by Crippen LogP contribution is -2.29. The van der Waals surface area contributed by atoms with Crippen LogP contribution in [-0.4, -0.2) is 58.7 Å². The molecule has 1 heterocycles. The molecule has 0 radical (unpaired) electrons. The summed E-state index contributed by atoms with van der Waals surface area (Å²) in [5.41, 5.74) is 2.58. The molecule has 3 aromatic rings. The molecule has 220 valence electrons. The van der Waals surface area contributed by atoms with Gasteiger partial charge in [-0.05, 0) is 67.3 Å². The normalized spacial score (nSPS) is 14.8. The first-order valence-corrected chi connectivity index (χ1v) is 13.4. The van der Waals surface area contributed by atoms with Crippen LogP contribution >= 0.6 is 0 Å². The fourth-order valence-corrected chi connectivity index (χ4v) is 5.07. The van der Waals surface area contributed by atoms with Crippen molar-refractivity contribution in [2.45, 2.75) is 50.9 Å². The number of aromatic nitrogens is 2. The van der Waals surface area contributed by atoms with E-state index in [-0.39, 0.29) is 36.6 Å². The highest BCUT2D eigenvalue weighted by Gasteiger charge is 2.32. The van der Waals surface area contributed by atoms with Gasteiger partial charge in [0.1, 0.15) is 5.75 Å². The van der Waals surface area contributed by atoms with Crippen molar-refractivity contribution in [2.75, 3.05) is 26.0 Å². The Kier molecular flexibility index (Phi) is 9.41. The van der Waals surface area contributed by atoms with Crippen LogP contribution in [0.15, 0.2) is 54.7 Å². The molecule has 0 spiro atoms. The average Bonchev–Trinajstić information content (AvgIpc) is 3.38. The molecule has 41 heavy (non-hydrogen) atoms. The van der Waals surface area contributed by atoms with Gasteiger partial charge in [0.15, 0.2) is 0 Å². The summed E-state index contributed by atoms with van der Waals surface area (Å²) >= 11 is 0. The minimum atomic E-state index is -4.77. The molecular weight excluding hydrogens is 541 g/mol. The quantitative estimate of drug-likeness (QED) is 0.287. The molecule has 1 fully saturated rings. The van der Waals surface area contributed by atoms with Crippen molar-refractivity contribution >= 4 is 17.6 Å². The summed E-state index contributed by atoms with van der Waals surface area (Å²) in [6.45, 7) is 0.111. The van der Waals surface area contributed by atoms with E-state index >= 15 is 0 Å². The Labute approximate surface area is 235 Å². The van der Waals surface area contributed by atoms with Crippen LogP contribution in [-0.2, 0) is 4.79 Å². The molecule has 9 nitrogen and oxygen atoms in total. The van der Waals surface area contributed by atoms with Crippen molar-refractivity contribution in [1.29, 1.82) is 0 Å². The van der Waals surface area contributed by atoms with Crippen LogP contribution < -0.4 is 14.8 Å². The van der Waals surface area contributed by atoms with E-state index in [9.17, 15) is 22.8 Å². The van der Waals surface area contributed by atoms with Gasteiger partial charge >= 0.3 is 12.3 Å². The molecule has 2 aromatic carbocycles. The molecule has 1 aliphatic rings. The fraction of sp³-hybridized carbons (Fsp3) is 0.414. The number of benzene rings is 2. The number of carboxylic acid groups (broad SMARTS) is 1. The zero-order valence-electron chi connectivity index (χ0n) is 22.9. The number of carbonyl (C=O) groups excluding carboxylic acids is 1. The highest BCUT2D eigenvalue weighted by Crippen LogP contribution is 2.40. The van der Waals surface area contributed by atoms with Crippen LogP contribution in [0.3, 0.4) is 0 Å². The maximum Gasteiger partial charge on any atom is 0.573 e. The van der Waals surface area contributed by atoms with E-state index in [1.165, 1.54) is 36.3 Å². The molecule has 2 N–H and O–H groups in total. The third-order valence-corrected chi connectivity index (χ3v) is 7.15. The summed E-state index contributed by atoms with van der Waals surface area (Å²) in [4.78, 5) is 24.9. The summed E-state index contributed by atoms with van der Waals surface area (Å²) < 4.78 is 48.9. The van der Waals surface area contributed by atoms with E-state index in [2.05, 4.69) is 15.2 Å². The number of ether oxygens (including phenoxy) is 2. The lowest BCUT2D eigenvalue weighted by atomic mass is 9.81. The zero-order chi connectivity index (χ0) is 29.6. The van der Waals surface area contributed by atoms with Crippen molar-refractivity contribution in [3.63, 3.8) is 0 Å². The topological polar surface area (TPSA) is 106 Å². The Bertz CT molecular complexity index is 1320. The first-order valence-electron chi connectivity index (χ1n) is 13.4. The van der Waals surface area contributed by atoms with Crippen molar-refractivity contribution in [2.24, 2.45) is 5.92 Å². The molecule has 1 unspecified atom stereocenters. The summed E-state index contributed by atoms with van der Waals surface area (Å²) in [7, 11) is 3.09. The van der Waals surface area contributed by atoms with Crippen molar-refractivity contribution in [3.05, 3.63) is 65.9 Å². The Morgan fingerprint density at radius 3 is 2.34 bits per heavy atom. The van der Waals surface area contributed by atoms with Crippen molar-refractivity contribution in [1.82, 2.24) is 14.7 Å². The maximum atomic E-state index is 12.7. The van der Waals surface area contributed by atoms with Gasteiger partial charge < -0.3 is 24.8 Å². The molecule has 1 amide bonds. The number of halogens is 3. The predicted octanol–water partition coefficient (Wildman–Crippen LogP) is 6.06. The van der Waals surface area contributed by atoms with E-state index in [1.807, 2.05) is 18.3 Å². The number of aliphatic carboxylic acids is 1. The van der Waals surface area contributed by atoms with Crippen molar-refractivity contribution < 1.29 is 37.3 Å². The van der Waals surface area contributed by atoms with Gasteiger partial charge in [0, 0.05) is 31.0 Å². The molecule has 0 bridgehead atoms. The van der Waals surface area contributed by atoms with Gasteiger partial charge in [-0.25, -0.2) is 4.68 Å². The van der Waals surface area contributed by atoms with E-state index in [0.717, 1.165) is 43.4 Å². The summed E-state index contributed by atoms with van der Waals surface area (Å²) in [5, 5.41) is 17.0. The smallest absolute Gasteiger partial charge is 0.481 e. The average molecular weight is 575 g/mol. The SMILES string of the molecule is COc1nn(-c2ccc(OC(F)(F)F)cc2)cc1C(Nc1ccc(C(=O)N(C)CCC(=O)O)cc1)C1CCCCC1. The van der Waals surface area contributed by atoms with Crippen LogP contribution in [0.1, 0.15) is 60.5 Å². The van der Waals surface area contributed by atoms with E-state index in [4.69, 9.17) is 9.84 Å². The molecule has 0 saturated heterocycles. The van der Waals surface area contributed by atoms with Crippen LogP contribution in [0, 0.1) is 5.92 Å². The third kappa shape index (κ3) is 7.92.